The van der Waals surface area contributed by atoms with Gasteiger partial charge in [-0.2, -0.15) is 0 Å². The molecule has 0 aliphatic rings. The van der Waals surface area contributed by atoms with Crippen LogP contribution in [-0.4, -0.2) is 11.2 Å². The van der Waals surface area contributed by atoms with Gasteiger partial charge in [0.1, 0.15) is 4.60 Å². The molecule has 0 aliphatic carbocycles. The number of nitrogens with zero attached hydrogens (tertiary/aromatic N) is 2. The molecule has 0 bridgehead atoms. The summed E-state index contributed by atoms with van der Waals surface area (Å²) in [4.78, 5) is 8.89. The van der Waals surface area contributed by atoms with Crippen molar-refractivity contribution in [3.05, 3.63) is 21.9 Å². The summed E-state index contributed by atoms with van der Waals surface area (Å²) < 4.78 is 0.869. The van der Waals surface area contributed by atoms with Gasteiger partial charge in [-0.3, -0.25) is 4.99 Å². The van der Waals surface area contributed by atoms with Crippen LogP contribution in [-0.2, 0) is 6.42 Å². The maximum Gasteiger partial charge on any atom is 0.108 e. The lowest BCUT2D eigenvalue weighted by molar-refractivity contribution is 0.989. The van der Waals surface area contributed by atoms with Crippen LogP contribution in [0.4, 0.5) is 5.69 Å². The highest BCUT2D eigenvalue weighted by atomic mass is 79.9. The molecule has 0 atom stereocenters. The van der Waals surface area contributed by atoms with E-state index in [1.807, 2.05) is 12.3 Å². The van der Waals surface area contributed by atoms with Gasteiger partial charge in [0.15, 0.2) is 0 Å². The average Bonchev–Trinajstić information content (AvgIpc) is 2.23. The SMILES string of the molecule is CCCC=Nc1cc(Br)nc(CC)c1C. The van der Waals surface area contributed by atoms with Gasteiger partial charge < -0.3 is 0 Å². The Morgan fingerprint density at radius 1 is 1.47 bits per heavy atom. The molecule has 15 heavy (non-hydrogen) atoms. The first-order chi connectivity index (χ1) is 7.19. The lowest BCUT2D eigenvalue weighted by Crippen LogP contribution is -1.93. The number of halogens is 1. The molecule has 0 aliphatic heterocycles. The van der Waals surface area contributed by atoms with E-state index in [1.54, 1.807) is 0 Å². The third kappa shape index (κ3) is 3.42. The number of aromatic nitrogens is 1. The van der Waals surface area contributed by atoms with E-state index in [2.05, 4.69) is 46.7 Å². The van der Waals surface area contributed by atoms with Gasteiger partial charge in [0.05, 0.1) is 5.69 Å². The van der Waals surface area contributed by atoms with Crippen LogP contribution in [0.1, 0.15) is 37.9 Å². The van der Waals surface area contributed by atoms with E-state index in [-0.39, 0.29) is 0 Å². The predicted octanol–water partition coefficient (Wildman–Crippen LogP) is 4.22. The van der Waals surface area contributed by atoms with E-state index in [4.69, 9.17) is 0 Å². The molecule has 3 heteroatoms. The van der Waals surface area contributed by atoms with E-state index >= 15 is 0 Å². The van der Waals surface area contributed by atoms with Crippen molar-refractivity contribution in [1.29, 1.82) is 0 Å². The van der Waals surface area contributed by atoms with Crippen molar-refractivity contribution in [1.82, 2.24) is 4.98 Å². The van der Waals surface area contributed by atoms with E-state index in [0.29, 0.717) is 0 Å². The number of hydrogen-bond donors (Lipinski definition) is 0. The molecule has 0 amide bonds. The third-order valence-electron chi connectivity index (χ3n) is 2.30. The molecule has 0 aromatic carbocycles. The Labute approximate surface area is 100.0 Å². The number of aliphatic imine (C=N–C) groups is 1. The number of rotatable bonds is 4. The minimum absolute atomic E-state index is 0.869. The van der Waals surface area contributed by atoms with Gasteiger partial charge in [-0.1, -0.05) is 20.3 Å². The first kappa shape index (κ1) is 12.4. The molecular formula is C12H17BrN2. The Balaban J connectivity index is 3.01. The highest BCUT2D eigenvalue weighted by Gasteiger charge is 2.04. The molecule has 0 spiro atoms. The monoisotopic (exact) mass is 268 g/mol. The van der Waals surface area contributed by atoms with Crippen LogP contribution >= 0.6 is 15.9 Å². The van der Waals surface area contributed by atoms with Gasteiger partial charge in [-0.15, -0.1) is 0 Å². The molecule has 0 radical (unpaired) electrons. The van der Waals surface area contributed by atoms with E-state index in [9.17, 15) is 0 Å². The second-order valence-electron chi connectivity index (χ2n) is 3.49. The van der Waals surface area contributed by atoms with Crippen LogP contribution in [0.25, 0.3) is 0 Å². The van der Waals surface area contributed by atoms with Crippen molar-refractivity contribution >= 4 is 27.8 Å². The summed E-state index contributed by atoms with van der Waals surface area (Å²) in [6.45, 7) is 6.34. The standard InChI is InChI=1S/C12H17BrN2/c1-4-6-7-14-11-8-12(13)15-10(5-2)9(11)3/h7-8H,4-6H2,1-3H3. The molecule has 1 aromatic heterocycles. The normalized spacial score (nSPS) is 11.2. The predicted molar refractivity (Wildman–Crippen MR) is 69.1 cm³/mol. The summed E-state index contributed by atoms with van der Waals surface area (Å²) in [7, 11) is 0. The van der Waals surface area contributed by atoms with Crippen LogP contribution < -0.4 is 0 Å². The van der Waals surface area contributed by atoms with Crippen LogP contribution in [0.15, 0.2) is 15.7 Å². The topological polar surface area (TPSA) is 25.2 Å². The molecule has 1 heterocycles. The zero-order chi connectivity index (χ0) is 11.3. The van der Waals surface area contributed by atoms with Crippen LogP contribution in [0, 0.1) is 6.92 Å². The molecule has 0 fully saturated rings. The molecule has 0 saturated carbocycles. The summed E-state index contributed by atoms with van der Waals surface area (Å²) >= 11 is 3.41. The molecular weight excluding hydrogens is 252 g/mol. The van der Waals surface area contributed by atoms with E-state index in [1.165, 1.54) is 5.56 Å². The largest absolute Gasteiger partial charge is 0.261 e. The Morgan fingerprint density at radius 2 is 2.20 bits per heavy atom. The number of pyridine rings is 1. The summed E-state index contributed by atoms with van der Waals surface area (Å²) in [6.07, 6.45) is 5.09. The Morgan fingerprint density at radius 3 is 2.80 bits per heavy atom. The zero-order valence-electron chi connectivity index (χ0n) is 9.55. The second kappa shape index (κ2) is 6.01. The lowest BCUT2D eigenvalue weighted by Gasteiger charge is -2.06. The molecule has 1 aromatic rings. The smallest absolute Gasteiger partial charge is 0.108 e. The fourth-order valence-electron chi connectivity index (χ4n) is 1.38. The van der Waals surface area contributed by atoms with Crippen molar-refractivity contribution in [2.24, 2.45) is 4.99 Å². The second-order valence-corrected chi connectivity index (χ2v) is 4.30. The maximum absolute atomic E-state index is 4.47. The molecule has 82 valence electrons. The first-order valence-electron chi connectivity index (χ1n) is 5.37. The maximum atomic E-state index is 4.47. The minimum atomic E-state index is 0.869. The van der Waals surface area contributed by atoms with Crippen LogP contribution in [0.2, 0.25) is 0 Å². The molecule has 2 nitrogen and oxygen atoms in total. The summed E-state index contributed by atoms with van der Waals surface area (Å²) in [6, 6.07) is 1.97. The lowest BCUT2D eigenvalue weighted by atomic mass is 10.1. The van der Waals surface area contributed by atoms with Crippen molar-refractivity contribution in [2.75, 3.05) is 0 Å². The van der Waals surface area contributed by atoms with Gasteiger partial charge in [0.25, 0.3) is 0 Å². The molecule has 0 N–H and O–H groups in total. The van der Waals surface area contributed by atoms with E-state index in [0.717, 1.165) is 35.2 Å². The Bertz CT molecular complexity index is 359. The van der Waals surface area contributed by atoms with Crippen molar-refractivity contribution in [3.63, 3.8) is 0 Å². The van der Waals surface area contributed by atoms with Gasteiger partial charge in [-0.25, -0.2) is 4.98 Å². The summed E-state index contributed by atoms with van der Waals surface area (Å²) in [5.74, 6) is 0. The van der Waals surface area contributed by atoms with Gasteiger partial charge in [-0.05, 0) is 47.3 Å². The fourth-order valence-corrected chi connectivity index (χ4v) is 1.82. The Hall–Kier alpha value is -0.700. The quantitative estimate of drug-likeness (QED) is 0.593. The Kier molecular flexibility index (Phi) is 4.95. The number of hydrogen-bond acceptors (Lipinski definition) is 2. The van der Waals surface area contributed by atoms with Crippen molar-refractivity contribution in [3.8, 4) is 0 Å². The van der Waals surface area contributed by atoms with Crippen LogP contribution in [0.3, 0.4) is 0 Å². The van der Waals surface area contributed by atoms with Gasteiger partial charge >= 0.3 is 0 Å². The van der Waals surface area contributed by atoms with Gasteiger partial charge in [0.2, 0.25) is 0 Å². The average molecular weight is 269 g/mol. The van der Waals surface area contributed by atoms with Crippen molar-refractivity contribution in [2.45, 2.75) is 40.0 Å². The minimum Gasteiger partial charge on any atom is -0.261 e. The van der Waals surface area contributed by atoms with E-state index < -0.39 is 0 Å². The summed E-state index contributed by atoms with van der Waals surface area (Å²) in [5, 5.41) is 0. The molecule has 0 saturated heterocycles. The molecule has 1 rings (SSSR count). The van der Waals surface area contributed by atoms with Gasteiger partial charge in [0, 0.05) is 11.9 Å². The summed E-state index contributed by atoms with van der Waals surface area (Å²) in [5.41, 5.74) is 3.34. The number of unbranched alkanes of at least 4 members (excludes halogenated alkanes) is 1. The zero-order valence-corrected chi connectivity index (χ0v) is 11.1. The highest BCUT2D eigenvalue weighted by molar-refractivity contribution is 9.10. The highest BCUT2D eigenvalue weighted by Crippen LogP contribution is 2.24. The third-order valence-corrected chi connectivity index (χ3v) is 2.70. The first-order valence-corrected chi connectivity index (χ1v) is 6.16. The fraction of sp³-hybridized carbons (Fsp3) is 0.500. The molecule has 0 unspecified atom stereocenters. The van der Waals surface area contributed by atoms with Crippen LogP contribution in [0.5, 0.6) is 0 Å². The van der Waals surface area contributed by atoms with Crippen molar-refractivity contribution < 1.29 is 0 Å². The number of aryl methyl sites for hydroxylation is 1.